The highest BCUT2D eigenvalue weighted by Gasteiger charge is 2.31. The molecule has 0 spiro atoms. The number of rotatable bonds is 5. The molecule has 1 N–H and O–H groups in total. The summed E-state index contributed by atoms with van der Waals surface area (Å²) in [5.74, 6) is 0. The Morgan fingerprint density at radius 1 is 1.03 bits per heavy atom. The fourth-order valence-electron chi connectivity index (χ4n) is 4.71. The van der Waals surface area contributed by atoms with E-state index in [0.29, 0.717) is 27.9 Å². The van der Waals surface area contributed by atoms with Gasteiger partial charge in [0.1, 0.15) is 6.10 Å². The van der Waals surface area contributed by atoms with Crippen molar-refractivity contribution >= 4 is 42.2 Å². The third kappa shape index (κ3) is 4.15. The van der Waals surface area contributed by atoms with Gasteiger partial charge in [-0.3, -0.25) is 4.99 Å². The van der Waals surface area contributed by atoms with Gasteiger partial charge < -0.3 is 5.11 Å². The van der Waals surface area contributed by atoms with Crippen LogP contribution < -0.4 is 0 Å². The van der Waals surface area contributed by atoms with Gasteiger partial charge in [-0.15, -0.1) is 0 Å². The largest absolute Gasteiger partial charge is 0.382 e. The van der Waals surface area contributed by atoms with E-state index >= 15 is 0 Å². The molecule has 3 aromatic carbocycles. The molecule has 5 rings (SSSR count). The summed E-state index contributed by atoms with van der Waals surface area (Å²) < 4.78 is 53.8. The third-order valence-corrected chi connectivity index (χ3v) is 9.37. The van der Waals surface area contributed by atoms with Crippen molar-refractivity contribution in [2.24, 2.45) is 4.99 Å². The van der Waals surface area contributed by atoms with Crippen LogP contribution in [0.15, 0.2) is 75.6 Å². The molecular weight excluding hydrogens is 510 g/mol. The van der Waals surface area contributed by atoms with Crippen LogP contribution in [0.1, 0.15) is 33.9 Å². The number of sulfone groups is 1. The Labute approximate surface area is 215 Å². The monoisotopic (exact) mass is 533 g/mol. The summed E-state index contributed by atoms with van der Waals surface area (Å²) in [5.41, 5.74) is 3.78. The number of nitriles is 1. The zero-order valence-electron chi connectivity index (χ0n) is 20.3. The van der Waals surface area contributed by atoms with Crippen LogP contribution in [0.5, 0.6) is 0 Å². The fraction of sp³-hybridized carbons (Fsp3) is 0.185. The van der Waals surface area contributed by atoms with Gasteiger partial charge >= 0.3 is 0 Å². The lowest BCUT2D eigenvalue weighted by molar-refractivity contribution is 0.244. The van der Waals surface area contributed by atoms with Crippen LogP contribution in [0.3, 0.4) is 0 Å². The van der Waals surface area contributed by atoms with Gasteiger partial charge in [0.05, 0.1) is 38.3 Å². The van der Waals surface area contributed by atoms with Gasteiger partial charge in [-0.25, -0.2) is 20.8 Å². The van der Waals surface area contributed by atoms with E-state index < -0.39 is 26.0 Å². The highest BCUT2D eigenvalue weighted by atomic mass is 32.2. The molecule has 0 aliphatic carbocycles. The van der Waals surface area contributed by atoms with Crippen molar-refractivity contribution in [1.82, 2.24) is 3.97 Å². The second-order valence-corrected chi connectivity index (χ2v) is 13.0. The standard InChI is InChI=1S/C27H23N3O5S2/c1-16-4-8-20(9-5-16)37(34,35)30-11-10-21-25(24(36(3,32)33)12-17(2)26(21)30)27(31)23-14-19-7-6-18(15-28)13-22(19)29-23/h4-13,27,31H,14H2,1-3H3. The van der Waals surface area contributed by atoms with E-state index in [0.717, 1.165) is 21.4 Å². The second kappa shape index (κ2) is 8.66. The number of benzene rings is 3. The average Bonchev–Trinajstić information content (AvgIpc) is 3.48. The van der Waals surface area contributed by atoms with Crippen LogP contribution in [0.4, 0.5) is 5.69 Å². The molecule has 0 fully saturated rings. The van der Waals surface area contributed by atoms with Crippen molar-refractivity contribution in [2.75, 3.05) is 6.26 Å². The van der Waals surface area contributed by atoms with Gasteiger partial charge in [0.15, 0.2) is 9.84 Å². The maximum atomic E-state index is 13.5. The minimum atomic E-state index is -4.00. The summed E-state index contributed by atoms with van der Waals surface area (Å²) in [6.45, 7) is 3.50. The molecule has 0 saturated heterocycles. The normalized spacial score (nSPS) is 14.3. The van der Waals surface area contributed by atoms with Crippen molar-refractivity contribution in [3.63, 3.8) is 0 Å². The minimum Gasteiger partial charge on any atom is -0.382 e. The van der Waals surface area contributed by atoms with Gasteiger partial charge in [-0.1, -0.05) is 23.8 Å². The van der Waals surface area contributed by atoms with E-state index in [1.54, 1.807) is 37.3 Å². The second-order valence-electron chi connectivity index (χ2n) is 9.21. The summed E-state index contributed by atoms with van der Waals surface area (Å²) in [5, 5.41) is 21.0. The fourth-order valence-corrected chi connectivity index (χ4v) is 7.13. The van der Waals surface area contributed by atoms with Crippen molar-refractivity contribution in [1.29, 1.82) is 5.26 Å². The number of aliphatic hydroxyl groups is 1. The first-order chi connectivity index (χ1) is 17.4. The number of hydrogen-bond donors (Lipinski definition) is 1. The third-order valence-electron chi connectivity index (χ3n) is 6.55. The molecule has 37 heavy (non-hydrogen) atoms. The Balaban J connectivity index is 1.73. The highest BCUT2D eigenvalue weighted by Crippen LogP contribution is 2.39. The lowest BCUT2D eigenvalue weighted by Crippen LogP contribution is -2.17. The Bertz CT molecular complexity index is 1880. The summed E-state index contributed by atoms with van der Waals surface area (Å²) in [6.07, 6.45) is 1.28. The first-order valence-corrected chi connectivity index (χ1v) is 14.7. The van der Waals surface area contributed by atoms with E-state index in [4.69, 9.17) is 0 Å². The number of aromatic nitrogens is 1. The minimum absolute atomic E-state index is 0.0769. The van der Waals surface area contributed by atoms with Crippen LogP contribution in [-0.2, 0) is 26.3 Å². The molecule has 10 heteroatoms. The molecule has 0 amide bonds. The smallest absolute Gasteiger partial charge is 0.268 e. The Morgan fingerprint density at radius 2 is 1.73 bits per heavy atom. The number of aliphatic imine (C=N–C) groups is 1. The van der Waals surface area contributed by atoms with Gasteiger partial charge in [-0.2, -0.15) is 5.26 Å². The van der Waals surface area contributed by atoms with Crippen molar-refractivity contribution in [2.45, 2.75) is 36.2 Å². The van der Waals surface area contributed by atoms with Crippen LogP contribution >= 0.6 is 0 Å². The summed E-state index contributed by atoms with van der Waals surface area (Å²) in [7, 11) is -7.80. The molecule has 0 radical (unpaired) electrons. The number of hydrogen-bond acceptors (Lipinski definition) is 7. The molecule has 188 valence electrons. The maximum Gasteiger partial charge on any atom is 0.268 e. The van der Waals surface area contributed by atoms with Crippen LogP contribution in [0, 0.1) is 25.2 Å². The number of aliphatic hydroxyl groups excluding tert-OH is 1. The topological polar surface area (TPSA) is 130 Å². The predicted molar refractivity (Wildman–Crippen MR) is 140 cm³/mol. The molecule has 1 aliphatic rings. The van der Waals surface area contributed by atoms with E-state index in [2.05, 4.69) is 11.1 Å². The van der Waals surface area contributed by atoms with Gasteiger partial charge in [-0.05, 0) is 61.4 Å². The first kappa shape index (κ1) is 24.9. The molecule has 1 unspecified atom stereocenters. The SMILES string of the molecule is Cc1ccc(S(=O)(=O)n2ccc3c(C(O)C4=Nc5cc(C#N)ccc5C4)c(S(C)(=O)=O)cc(C)c32)cc1. The lowest BCUT2D eigenvalue weighted by Gasteiger charge is -2.19. The molecule has 1 aromatic heterocycles. The quantitative estimate of drug-likeness (QED) is 0.411. The first-order valence-electron chi connectivity index (χ1n) is 11.4. The van der Waals surface area contributed by atoms with Gasteiger partial charge in [0.25, 0.3) is 10.0 Å². The Hall–Kier alpha value is -3.78. The molecule has 4 aromatic rings. The van der Waals surface area contributed by atoms with E-state index in [-0.39, 0.29) is 27.3 Å². The number of aryl methyl sites for hydroxylation is 2. The van der Waals surface area contributed by atoms with Crippen molar-refractivity contribution < 1.29 is 21.9 Å². The van der Waals surface area contributed by atoms with Crippen LogP contribution in [-0.4, -0.2) is 37.9 Å². The Morgan fingerprint density at radius 3 is 2.38 bits per heavy atom. The summed E-state index contributed by atoms with van der Waals surface area (Å²) in [6, 6.07) is 16.4. The molecule has 0 saturated carbocycles. The zero-order valence-corrected chi connectivity index (χ0v) is 21.9. The van der Waals surface area contributed by atoms with E-state index in [9.17, 15) is 27.2 Å². The molecule has 1 atom stereocenters. The van der Waals surface area contributed by atoms with Gasteiger partial charge in [0, 0.05) is 29.8 Å². The van der Waals surface area contributed by atoms with Crippen LogP contribution in [0.2, 0.25) is 0 Å². The lowest BCUT2D eigenvalue weighted by atomic mass is 9.96. The van der Waals surface area contributed by atoms with E-state index in [1.165, 1.54) is 30.5 Å². The highest BCUT2D eigenvalue weighted by molar-refractivity contribution is 7.91. The number of nitrogens with zero attached hydrogens (tertiary/aromatic N) is 3. The van der Waals surface area contributed by atoms with Crippen molar-refractivity contribution in [3.8, 4) is 6.07 Å². The zero-order chi connectivity index (χ0) is 26.7. The molecule has 2 heterocycles. The molecule has 0 bridgehead atoms. The summed E-state index contributed by atoms with van der Waals surface area (Å²) in [4.78, 5) is 4.50. The van der Waals surface area contributed by atoms with Gasteiger partial charge in [0.2, 0.25) is 0 Å². The maximum absolute atomic E-state index is 13.5. The van der Waals surface area contributed by atoms with Crippen molar-refractivity contribution in [3.05, 3.63) is 88.6 Å². The Kier molecular flexibility index (Phi) is 5.83. The summed E-state index contributed by atoms with van der Waals surface area (Å²) >= 11 is 0. The van der Waals surface area contributed by atoms with Crippen LogP contribution in [0.25, 0.3) is 10.9 Å². The number of fused-ring (bicyclic) bond motifs is 2. The molecule has 1 aliphatic heterocycles. The average molecular weight is 534 g/mol. The molecular formula is C27H23N3O5S2. The predicted octanol–water partition coefficient (Wildman–Crippen LogP) is 4.13. The molecule has 8 nitrogen and oxygen atoms in total. The van der Waals surface area contributed by atoms with E-state index in [1.807, 2.05) is 6.92 Å².